The van der Waals surface area contributed by atoms with Gasteiger partial charge in [-0.2, -0.15) is 0 Å². The molecule has 1 aliphatic carbocycles. The first kappa shape index (κ1) is 12.4. The van der Waals surface area contributed by atoms with E-state index < -0.39 is 0 Å². The molecule has 92 valence electrons. The van der Waals surface area contributed by atoms with Crippen LogP contribution in [0.15, 0.2) is 24.3 Å². The molecule has 0 aliphatic heterocycles. The first-order chi connectivity index (χ1) is 8.19. The number of carbonyl (C=O) groups is 1. The van der Waals surface area contributed by atoms with Crippen molar-refractivity contribution >= 4 is 17.5 Å². The van der Waals surface area contributed by atoms with E-state index in [0.29, 0.717) is 12.4 Å². The largest absolute Gasteiger partial charge is 0.351 e. The summed E-state index contributed by atoms with van der Waals surface area (Å²) in [6.07, 6.45) is 3.26. The number of halogens is 1. The van der Waals surface area contributed by atoms with Crippen molar-refractivity contribution in [1.29, 1.82) is 0 Å². The molecular weight excluding hydrogens is 234 g/mol. The molecular formula is C14H18ClNO. The minimum Gasteiger partial charge on any atom is -0.351 e. The molecule has 1 N–H and O–H groups in total. The molecule has 0 spiro atoms. The van der Waals surface area contributed by atoms with Crippen LogP contribution in [0.1, 0.15) is 35.7 Å². The zero-order valence-corrected chi connectivity index (χ0v) is 10.9. The zero-order valence-electron chi connectivity index (χ0n) is 10.1. The Hall–Kier alpha value is -1.02. The number of amides is 1. The summed E-state index contributed by atoms with van der Waals surface area (Å²) >= 11 is 5.87. The molecule has 0 atom stereocenters. The molecule has 0 aromatic heterocycles. The quantitative estimate of drug-likeness (QED) is 0.801. The number of alkyl halides is 1. The summed E-state index contributed by atoms with van der Waals surface area (Å²) in [6, 6.07) is 7.77. The van der Waals surface area contributed by atoms with Crippen molar-refractivity contribution in [3.8, 4) is 0 Å². The number of hydrogen-bond donors (Lipinski definition) is 1. The highest BCUT2D eigenvalue weighted by Gasteiger charge is 2.41. The Morgan fingerprint density at radius 1 is 1.35 bits per heavy atom. The highest BCUT2D eigenvalue weighted by atomic mass is 35.5. The smallest absolute Gasteiger partial charge is 0.251 e. The van der Waals surface area contributed by atoms with E-state index in [1.54, 1.807) is 0 Å². The number of rotatable bonds is 5. The average Bonchev–Trinajstić information content (AvgIpc) is 3.17. The molecule has 2 nitrogen and oxygen atoms in total. The first-order valence-electron chi connectivity index (χ1n) is 6.12. The standard InChI is InChI=1S/C14H18ClNO/c1-2-11-3-5-12(6-4-11)13(17)16-10-14(9-15)7-8-14/h3-6H,2,7-10H2,1H3,(H,16,17). The van der Waals surface area contributed by atoms with Crippen LogP contribution in [0.2, 0.25) is 0 Å². The van der Waals surface area contributed by atoms with Crippen molar-refractivity contribution in [2.45, 2.75) is 26.2 Å². The molecule has 0 saturated heterocycles. The topological polar surface area (TPSA) is 29.1 Å². The van der Waals surface area contributed by atoms with E-state index in [1.165, 1.54) is 5.56 Å². The Morgan fingerprint density at radius 3 is 2.47 bits per heavy atom. The summed E-state index contributed by atoms with van der Waals surface area (Å²) in [6.45, 7) is 2.80. The molecule has 1 aromatic carbocycles. The van der Waals surface area contributed by atoms with Crippen molar-refractivity contribution in [3.63, 3.8) is 0 Å². The summed E-state index contributed by atoms with van der Waals surface area (Å²) in [5, 5.41) is 2.97. The van der Waals surface area contributed by atoms with Gasteiger partial charge < -0.3 is 5.32 Å². The van der Waals surface area contributed by atoms with Gasteiger partial charge in [0.05, 0.1) is 0 Å². The molecule has 1 saturated carbocycles. The minimum absolute atomic E-state index is 0.00375. The molecule has 1 aliphatic rings. The molecule has 2 rings (SSSR count). The number of benzene rings is 1. The van der Waals surface area contributed by atoms with Gasteiger partial charge in [-0.05, 0) is 37.0 Å². The Morgan fingerprint density at radius 2 is 2.00 bits per heavy atom. The van der Waals surface area contributed by atoms with Gasteiger partial charge in [-0.3, -0.25) is 4.79 Å². The SMILES string of the molecule is CCc1ccc(C(=O)NCC2(CCl)CC2)cc1. The van der Waals surface area contributed by atoms with Crippen LogP contribution in [0.25, 0.3) is 0 Å². The third-order valence-corrected chi connectivity index (χ3v) is 4.06. The van der Waals surface area contributed by atoms with Gasteiger partial charge in [-0.1, -0.05) is 19.1 Å². The Bertz CT molecular complexity index is 395. The maximum Gasteiger partial charge on any atom is 0.251 e. The van der Waals surface area contributed by atoms with Crippen LogP contribution >= 0.6 is 11.6 Å². The molecule has 17 heavy (non-hydrogen) atoms. The highest BCUT2D eigenvalue weighted by molar-refractivity contribution is 6.18. The third kappa shape index (κ3) is 3.01. The summed E-state index contributed by atoms with van der Waals surface area (Å²) in [7, 11) is 0. The van der Waals surface area contributed by atoms with E-state index in [0.717, 1.165) is 24.8 Å². The van der Waals surface area contributed by atoms with Crippen LogP contribution in [-0.4, -0.2) is 18.3 Å². The number of carbonyl (C=O) groups excluding carboxylic acids is 1. The van der Waals surface area contributed by atoms with Gasteiger partial charge in [-0.25, -0.2) is 0 Å². The predicted octanol–water partition coefficient (Wildman–Crippen LogP) is 3.00. The van der Waals surface area contributed by atoms with Gasteiger partial charge in [0.15, 0.2) is 0 Å². The van der Waals surface area contributed by atoms with E-state index in [9.17, 15) is 4.79 Å². The zero-order chi connectivity index (χ0) is 12.3. The van der Waals surface area contributed by atoms with Crippen LogP contribution in [0.3, 0.4) is 0 Å². The third-order valence-electron chi connectivity index (χ3n) is 3.49. The molecule has 0 radical (unpaired) electrons. The number of nitrogens with one attached hydrogen (secondary N) is 1. The highest BCUT2D eigenvalue weighted by Crippen LogP contribution is 2.45. The Balaban J connectivity index is 1.90. The van der Waals surface area contributed by atoms with E-state index in [2.05, 4.69) is 12.2 Å². The van der Waals surface area contributed by atoms with Crippen LogP contribution in [0, 0.1) is 5.41 Å². The number of hydrogen-bond acceptors (Lipinski definition) is 1. The van der Waals surface area contributed by atoms with Crippen LogP contribution < -0.4 is 5.32 Å². The fourth-order valence-corrected chi connectivity index (χ4v) is 2.16. The van der Waals surface area contributed by atoms with Gasteiger partial charge >= 0.3 is 0 Å². The van der Waals surface area contributed by atoms with E-state index in [-0.39, 0.29) is 11.3 Å². The van der Waals surface area contributed by atoms with Gasteiger partial charge in [0.2, 0.25) is 0 Å². The average molecular weight is 252 g/mol. The molecule has 1 fully saturated rings. The van der Waals surface area contributed by atoms with Crippen LogP contribution in [0.5, 0.6) is 0 Å². The lowest BCUT2D eigenvalue weighted by Crippen LogP contribution is -2.30. The van der Waals surface area contributed by atoms with Crippen molar-refractivity contribution < 1.29 is 4.79 Å². The van der Waals surface area contributed by atoms with Gasteiger partial charge in [0.25, 0.3) is 5.91 Å². The maximum atomic E-state index is 11.9. The second kappa shape index (κ2) is 5.09. The van der Waals surface area contributed by atoms with Crippen LogP contribution in [0.4, 0.5) is 0 Å². The summed E-state index contributed by atoms with van der Waals surface area (Å²) in [5.41, 5.74) is 2.16. The minimum atomic E-state index is 0.00375. The van der Waals surface area contributed by atoms with Gasteiger partial charge in [0, 0.05) is 23.4 Å². The summed E-state index contributed by atoms with van der Waals surface area (Å²) in [5.74, 6) is 0.645. The van der Waals surface area contributed by atoms with Crippen molar-refractivity contribution in [1.82, 2.24) is 5.32 Å². The number of aryl methyl sites for hydroxylation is 1. The first-order valence-corrected chi connectivity index (χ1v) is 6.66. The molecule has 0 bridgehead atoms. The monoisotopic (exact) mass is 251 g/mol. The molecule has 0 unspecified atom stereocenters. The van der Waals surface area contributed by atoms with Crippen molar-refractivity contribution in [3.05, 3.63) is 35.4 Å². The molecule has 0 heterocycles. The fourth-order valence-electron chi connectivity index (χ4n) is 1.80. The van der Waals surface area contributed by atoms with Crippen molar-refractivity contribution in [2.75, 3.05) is 12.4 Å². The van der Waals surface area contributed by atoms with E-state index in [1.807, 2.05) is 24.3 Å². The van der Waals surface area contributed by atoms with Crippen molar-refractivity contribution in [2.24, 2.45) is 5.41 Å². The lowest BCUT2D eigenvalue weighted by atomic mass is 10.1. The lowest BCUT2D eigenvalue weighted by molar-refractivity contribution is 0.0946. The van der Waals surface area contributed by atoms with E-state index in [4.69, 9.17) is 11.6 Å². The van der Waals surface area contributed by atoms with Gasteiger partial charge in [0.1, 0.15) is 0 Å². The fraction of sp³-hybridized carbons (Fsp3) is 0.500. The normalized spacial score (nSPS) is 16.6. The summed E-state index contributed by atoms with van der Waals surface area (Å²) in [4.78, 5) is 11.9. The van der Waals surface area contributed by atoms with Gasteiger partial charge in [-0.15, -0.1) is 11.6 Å². The second-order valence-electron chi connectivity index (χ2n) is 4.87. The Labute approximate surface area is 107 Å². The molecule has 1 aromatic rings. The molecule has 3 heteroatoms. The second-order valence-corrected chi connectivity index (χ2v) is 5.13. The predicted molar refractivity (Wildman–Crippen MR) is 70.5 cm³/mol. The van der Waals surface area contributed by atoms with Crippen LogP contribution in [-0.2, 0) is 6.42 Å². The summed E-state index contributed by atoms with van der Waals surface area (Å²) < 4.78 is 0. The molecule has 1 amide bonds. The lowest BCUT2D eigenvalue weighted by Gasteiger charge is -2.12. The Kier molecular flexibility index (Phi) is 3.72. The van der Waals surface area contributed by atoms with E-state index >= 15 is 0 Å². The maximum absolute atomic E-state index is 11.9.